The molecule has 0 spiro atoms. The topological polar surface area (TPSA) is 46.2 Å². The van der Waals surface area contributed by atoms with Gasteiger partial charge in [0, 0.05) is 0 Å². The molecule has 1 atom stereocenters. The standard InChI is InChI=1S/C12H17NO2S/c1-9(16(14,15)13-2)11-7-6-10-4-3-5-12(10)8-11/h6-9,13H,3-5H2,1-2H3. The highest BCUT2D eigenvalue weighted by Crippen LogP contribution is 2.27. The van der Waals surface area contributed by atoms with Gasteiger partial charge in [-0.3, -0.25) is 0 Å². The van der Waals surface area contributed by atoms with E-state index in [2.05, 4.69) is 10.8 Å². The molecule has 16 heavy (non-hydrogen) atoms. The van der Waals surface area contributed by atoms with Crippen LogP contribution in [0.15, 0.2) is 18.2 Å². The number of hydrogen-bond acceptors (Lipinski definition) is 2. The molecule has 1 aliphatic rings. The zero-order valence-corrected chi connectivity index (χ0v) is 10.5. The van der Waals surface area contributed by atoms with Crippen molar-refractivity contribution in [3.8, 4) is 0 Å². The number of fused-ring (bicyclic) bond motifs is 1. The van der Waals surface area contributed by atoms with Crippen molar-refractivity contribution in [2.45, 2.75) is 31.4 Å². The predicted octanol–water partition coefficient (Wildman–Crippen LogP) is 1.79. The molecular weight excluding hydrogens is 222 g/mol. The quantitative estimate of drug-likeness (QED) is 0.874. The van der Waals surface area contributed by atoms with Gasteiger partial charge in [0.1, 0.15) is 0 Å². The third-order valence-electron chi connectivity index (χ3n) is 3.34. The Kier molecular flexibility index (Phi) is 3.04. The first-order chi connectivity index (χ1) is 7.54. The zero-order valence-electron chi connectivity index (χ0n) is 9.66. The van der Waals surface area contributed by atoms with Crippen LogP contribution >= 0.6 is 0 Å². The van der Waals surface area contributed by atoms with E-state index in [9.17, 15) is 8.42 Å². The minimum Gasteiger partial charge on any atom is -0.218 e. The summed E-state index contributed by atoms with van der Waals surface area (Å²) >= 11 is 0. The van der Waals surface area contributed by atoms with Gasteiger partial charge in [0.2, 0.25) is 10.0 Å². The SMILES string of the molecule is CNS(=O)(=O)C(C)c1ccc2c(c1)CCC2. The molecule has 0 saturated carbocycles. The predicted molar refractivity (Wildman–Crippen MR) is 64.9 cm³/mol. The third-order valence-corrected chi connectivity index (χ3v) is 5.11. The van der Waals surface area contributed by atoms with E-state index in [1.165, 1.54) is 24.6 Å². The molecule has 1 aromatic carbocycles. The van der Waals surface area contributed by atoms with Crippen LogP contribution in [0.5, 0.6) is 0 Å². The molecule has 1 N–H and O–H groups in total. The summed E-state index contributed by atoms with van der Waals surface area (Å²) in [5.41, 5.74) is 3.57. The van der Waals surface area contributed by atoms with Crippen LogP contribution in [-0.2, 0) is 22.9 Å². The first-order valence-electron chi connectivity index (χ1n) is 5.58. The Morgan fingerprint density at radius 3 is 2.62 bits per heavy atom. The smallest absolute Gasteiger partial charge is 0.218 e. The van der Waals surface area contributed by atoms with Gasteiger partial charge in [-0.1, -0.05) is 18.2 Å². The number of rotatable bonds is 3. The lowest BCUT2D eigenvalue weighted by molar-refractivity contribution is 0.578. The average molecular weight is 239 g/mol. The molecule has 0 amide bonds. The number of aryl methyl sites for hydroxylation is 2. The Hall–Kier alpha value is -0.870. The normalized spacial score (nSPS) is 17.1. The van der Waals surface area contributed by atoms with Gasteiger partial charge in [-0.05, 0) is 49.9 Å². The van der Waals surface area contributed by atoms with Gasteiger partial charge in [0.15, 0.2) is 0 Å². The molecule has 88 valence electrons. The van der Waals surface area contributed by atoms with E-state index in [4.69, 9.17) is 0 Å². The molecule has 1 unspecified atom stereocenters. The van der Waals surface area contributed by atoms with Crippen LogP contribution in [0.1, 0.15) is 35.3 Å². The average Bonchev–Trinajstić information content (AvgIpc) is 2.74. The molecule has 0 fully saturated rings. The van der Waals surface area contributed by atoms with Crippen molar-refractivity contribution in [1.29, 1.82) is 0 Å². The molecule has 0 aromatic heterocycles. The summed E-state index contributed by atoms with van der Waals surface area (Å²) < 4.78 is 25.8. The second-order valence-corrected chi connectivity index (χ2v) is 6.48. The Labute approximate surface area is 96.9 Å². The summed E-state index contributed by atoms with van der Waals surface area (Å²) in [6.07, 6.45) is 3.39. The molecule has 2 rings (SSSR count). The molecular formula is C12H17NO2S. The Morgan fingerprint density at radius 1 is 1.25 bits per heavy atom. The highest BCUT2D eigenvalue weighted by molar-refractivity contribution is 7.89. The lowest BCUT2D eigenvalue weighted by atomic mass is 10.0. The highest BCUT2D eigenvalue weighted by Gasteiger charge is 2.22. The minimum atomic E-state index is -3.22. The van der Waals surface area contributed by atoms with Gasteiger partial charge in [-0.25, -0.2) is 13.1 Å². The van der Waals surface area contributed by atoms with E-state index < -0.39 is 15.3 Å². The largest absolute Gasteiger partial charge is 0.218 e. The molecule has 0 aliphatic heterocycles. The maximum atomic E-state index is 11.7. The Morgan fingerprint density at radius 2 is 1.94 bits per heavy atom. The van der Waals surface area contributed by atoms with Crippen molar-refractivity contribution < 1.29 is 8.42 Å². The maximum Gasteiger partial charge on any atom is 0.218 e. The van der Waals surface area contributed by atoms with Gasteiger partial charge in [-0.2, -0.15) is 0 Å². The van der Waals surface area contributed by atoms with E-state index in [1.54, 1.807) is 6.92 Å². The van der Waals surface area contributed by atoms with Gasteiger partial charge < -0.3 is 0 Å². The van der Waals surface area contributed by atoms with Crippen LogP contribution in [0.3, 0.4) is 0 Å². The van der Waals surface area contributed by atoms with Gasteiger partial charge in [-0.15, -0.1) is 0 Å². The molecule has 3 nitrogen and oxygen atoms in total. The second-order valence-electron chi connectivity index (χ2n) is 4.27. The van der Waals surface area contributed by atoms with Crippen LogP contribution in [0, 0.1) is 0 Å². The van der Waals surface area contributed by atoms with Crippen molar-refractivity contribution in [2.75, 3.05) is 7.05 Å². The lowest BCUT2D eigenvalue weighted by Crippen LogP contribution is -2.24. The lowest BCUT2D eigenvalue weighted by Gasteiger charge is -2.13. The van der Waals surface area contributed by atoms with Crippen LogP contribution in [0.25, 0.3) is 0 Å². The van der Waals surface area contributed by atoms with Gasteiger partial charge in [0.05, 0.1) is 5.25 Å². The van der Waals surface area contributed by atoms with Crippen LogP contribution in [0.2, 0.25) is 0 Å². The Balaban J connectivity index is 2.35. The summed E-state index contributed by atoms with van der Waals surface area (Å²) in [7, 11) is -1.76. The van der Waals surface area contributed by atoms with Gasteiger partial charge in [0.25, 0.3) is 0 Å². The van der Waals surface area contributed by atoms with E-state index in [-0.39, 0.29) is 0 Å². The van der Waals surface area contributed by atoms with Gasteiger partial charge >= 0.3 is 0 Å². The van der Waals surface area contributed by atoms with E-state index in [1.807, 2.05) is 12.1 Å². The molecule has 0 saturated heterocycles. The summed E-state index contributed by atoms with van der Waals surface area (Å²) in [5.74, 6) is 0. The van der Waals surface area contributed by atoms with Crippen LogP contribution < -0.4 is 4.72 Å². The minimum absolute atomic E-state index is 0.483. The number of sulfonamides is 1. The number of hydrogen-bond donors (Lipinski definition) is 1. The summed E-state index contributed by atoms with van der Waals surface area (Å²) in [5, 5.41) is -0.483. The zero-order chi connectivity index (χ0) is 11.8. The molecule has 1 aliphatic carbocycles. The number of nitrogens with one attached hydrogen (secondary N) is 1. The molecule has 4 heteroatoms. The molecule has 1 aromatic rings. The summed E-state index contributed by atoms with van der Waals surface area (Å²) in [6.45, 7) is 1.72. The van der Waals surface area contributed by atoms with Crippen LogP contribution in [0.4, 0.5) is 0 Å². The van der Waals surface area contributed by atoms with Crippen molar-refractivity contribution in [3.05, 3.63) is 34.9 Å². The summed E-state index contributed by atoms with van der Waals surface area (Å²) in [4.78, 5) is 0. The van der Waals surface area contributed by atoms with Crippen LogP contribution in [-0.4, -0.2) is 15.5 Å². The first-order valence-corrected chi connectivity index (χ1v) is 7.13. The van der Waals surface area contributed by atoms with E-state index >= 15 is 0 Å². The molecule has 0 bridgehead atoms. The fourth-order valence-corrected chi connectivity index (χ4v) is 3.06. The fourth-order valence-electron chi connectivity index (χ4n) is 2.20. The van der Waals surface area contributed by atoms with Crippen molar-refractivity contribution in [2.24, 2.45) is 0 Å². The monoisotopic (exact) mass is 239 g/mol. The summed E-state index contributed by atoms with van der Waals surface area (Å²) in [6, 6.07) is 6.05. The van der Waals surface area contributed by atoms with E-state index in [0.29, 0.717) is 0 Å². The highest BCUT2D eigenvalue weighted by atomic mass is 32.2. The number of benzene rings is 1. The molecule has 0 heterocycles. The first kappa shape index (κ1) is 11.6. The second kappa shape index (κ2) is 4.18. The third kappa shape index (κ3) is 1.99. The maximum absolute atomic E-state index is 11.7. The van der Waals surface area contributed by atoms with Crippen molar-refractivity contribution in [3.63, 3.8) is 0 Å². The Bertz CT molecular complexity index is 494. The van der Waals surface area contributed by atoms with Crippen molar-refractivity contribution >= 4 is 10.0 Å². The van der Waals surface area contributed by atoms with Crippen molar-refractivity contribution in [1.82, 2.24) is 4.72 Å². The fraction of sp³-hybridized carbons (Fsp3) is 0.500. The molecule has 0 radical (unpaired) electrons. The van der Waals surface area contributed by atoms with E-state index in [0.717, 1.165) is 18.4 Å².